The Balaban J connectivity index is 1.66. The Kier molecular flexibility index (Phi) is 6.04. The molecule has 1 unspecified atom stereocenters. The van der Waals surface area contributed by atoms with Gasteiger partial charge in [0.1, 0.15) is 11.7 Å². The molecular weight excluding hydrogens is 426 g/mol. The van der Waals surface area contributed by atoms with Gasteiger partial charge < -0.3 is 10.6 Å². The van der Waals surface area contributed by atoms with Crippen LogP contribution in [-0.4, -0.2) is 31.1 Å². The third kappa shape index (κ3) is 4.54. The van der Waals surface area contributed by atoms with Crippen LogP contribution in [0, 0.1) is 0 Å². The number of H-pyrrole nitrogens is 1. The number of carbonyl (C=O) groups excluding carboxylic acids is 1. The summed E-state index contributed by atoms with van der Waals surface area (Å²) in [6.07, 6.45) is 0. The molecule has 0 fully saturated rings. The number of anilines is 1. The first kappa shape index (κ1) is 21.7. The first-order valence-corrected chi connectivity index (χ1v) is 11.6. The smallest absolute Gasteiger partial charge is 0.246 e. The van der Waals surface area contributed by atoms with Crippen LogP contribution in [0.3, 0.4) is 0 Å². The van der Waals surface area contributed by atoms with Crippen LogP contribution in [0.4, 0.5) is 5.69 Å². The lowest BCUT2D eigenvalue weighted by Crippen LogP contribution is -2.32. The Morgan fingerprint density at radius 1 is 1.06 bits per heavy atom. The predicted octanol–water partition coefficient (Wildman–Crippen LogP) is 3.17. The molecule has 4 aromatic rings. The van der Waals surface area contributed by atoms with E-state index in [0.717, 1.165) is 16.5 Å². The van der Waals surface area contributed by atoms with Gasteiger partial charge in [-0.15, -0.1) is 0 Å². The number of nitrogens with zero attached hydrogens (tertiary/aromatic N) is 1. The molecule has 8 nitrogen and oxygen atoms in total. The highest BCUT2D eigenvalue weighted by Gasteiger charge is 2.20. The Bertz CT molecular complexity index is 1370. The van der Waals surface area contributed by atoms with Crippen molar-refractivity contribution < 1.29 is 13.2 Å². The maximum Gasteiger partial charge on any atom is 0.246 e. The number of primary sulfonamides is 1. The van der Waals surface area contributed by atoms with Crippen molar-refractivity contribution in [2.24, 2.45) is 5.14 Å². The van der Waals surface area contributed by atoms with E-state index in [-0.39, 0.29) is 10.8 Å². The van der Waals surface area contributed by atoms with Gasteiger partial charge in [0, 0.05) is 16.6 Å². The van der Waals surface area contributed by atoms with Crippen molar-refractivity contribution in [3.63, 3.8) is 0 Å². The third-order valence-electron chi connectivity index (χ3n) is 5.07. The number of aromatic amines is 1. The SMILES string of the molecule is CCNC(C(=O)Nc1ccc2[nH]nc(-c3cccc(S(N)(=O)=O)c3)c2c1)c1ccccc1. The zero-order valence-corrected chi connectivity index (χ0v) is 18.2. The lowest BCUT2D eigenvalue weighted by atomic mass is 10.1. The maximum absolute atomic E-state index is 13.0. The number of nitrogens with one attached hydrogen (secondary N) is 3. The van der Waals surface area contributed by atoms with Gasteiger partial charge >= 0.3 is 0 Å². The van der Waals surface area contributed by atoms with Crippen molar-refractivity contribution in [2.75, 3.05) is 11.9 Å². The fraction of sp³-hybridized carbons (Fsp3) is 0.130. The Hall–Kier alpha value is -3.53. The van der Waals surface area contributed by atoms with E-state index in [1.165, 1.54) is 12.1 Å². The van der Waals surface area contributed by atoms with Crippen LogP contribution < -0.4 is 15.8 Å². The van der Waals surface area contributed by atoms with Crippen molar-refractivity contribution in [3.8, 4) is 11.3 Å². The van der Waals surface area contributed by atoms with Gasteiger partial charge in [-0.1, -0.05) is 49.4 Å². The molecule has 0 saturated carbocycles. The number of carbonyl (C=O) groups is 1. The molecule has 0 aliphatic carbocycles. The number of rotatable bonds is 7. The minimum absolute atomic E-state index is 0.00644. The zero-order valence-electron chi connectivity index (χ0n) is 17.4. The predicted molar refractivity (Wildman–Crippen MR) is 124 cm³/mol. The minimum Gasteiger partial charge on any atom is -0.324 e. The van der Waals surface area contributed by atoms with Crippen LogP contribution in [-0.2, 0) is 14.8 Å². The molecule has 0 saturated heterocycles. The fourth-order valence-electron chi connectivity index (χ4n) is 3.56. The van der Waals surface area contributed by atoms with Gasteiger partial charge in [0.05, 0.1) is 10.4 Å². The molecule has 1 heterocycles. The summed E-state index contributed by atoms with van der Waals surface area (Å²) in [5.74, 6) is -0.182. The number of aromatic nitrogens is 2. The van der Waals surface area contributed by atoms with Gasteiger partial charge in [-0.3, -0.25) is 9.89 Å². The molecule has 0 aliphatic rings. The molecule has 0 aliphatic heterocycles. The molecule has 1 atom stereocenters. The summed E-state index contributed by atoms with van der Waals surface area (Å²) in [4.78, 5) is 13.0. The Morgan fingerprint density at radius 2 is 1.84 bits per heavy atom. The number of sulfonamides is 1. The monoisotopic (exact) mass is 449 g/mol. The lowest BCUT2D eigenvalue weighted by Gasteiger charge is -2.18. The third-order valence-corrected chi connectivity index (χ3v) is 5.98. The largest absolute Gasteiger partial charge is 0.324 e. The topological polar surface area (TPSA) is 130 Å². The Morgan fingerprint density at radius 3 is 2.56 bits per heavy atom. The van der Waals surface area contributed by atoms with Crippen LogP contribution in [0.1, 0.15) is 18.5 Å². The number of amides is 1. The molecule has 164 valence electrons. The second kappa shape index (κ2) is 8.91. The summed E-state index contributed by atoms with van der Waals surface area (Å²) in [5, 5.41) is 19.5. The molecule has 0 radical (unpaired) electrons. The van der Waals surface area contributed by atoms with Crippen molar-refractivity contribution in [2.45, 2.75) is 17.9 Å². The normalized spacial score (nSPS) is 12.6. The number of hydrogen-bond donors (Lipinski definition) is 4. The average molecular weight is 450 g/mol. The summed E-state index contributed by atoms with van der Waals surface area (Å²) in [6, 6.07) is 20.7. The molecule has 1 aromatic heterocycles. The number of benzene rings is 3. The molecular formula is C23H23N5O3S. The van der Waals surface area contributed by atoms with Crippen LogP contribution in [0.2, 0.25) is 0 Å². The standard InChI is InChI=1S/C23H23N5O3S/c1-2-25-22(15-7-4-3-5-8-15)23(29)26-17-11-12-20-19(14-17)21(28-27-20)16-9-6-10-18(13-16)32(24,30)31/h3-14,22,25H,2H2,1H3,(H,26,29)(H,27,28)(H2,24,30,31). The summed E-state index contributed by atoms with van der Waals surface area (Å²) in [7, 11) is -3.84. The summed E-state index contributed by atoms with van der Waals surface area (Å²) in [6.45, 7) is 2.58. The van der Waals surface area contributed by atoms with Crippen molar-refractivity contribution in [3.05, 3.63) is 78.4 Å². The molecule has 3 aromatic carbocycles. The zero-order chi connectivity index (χ0) is 22.7. The van der Waals surface area contributed by atoms with E-state index in [9.17, 15) is 13.2 Å². The molecule has 4 rings (SSSR count). The second-order valence-electron chi connectivity index (χ2n) is 7.30. The highest BCUT2D eigenvalue weighted by atomic mass is 32.2. The maximum atomic E-state index is 13.0. The molecule has 5 N–H and O–H groups in total. The highest BCUT2D eigenvalue weighted by molar-refractivity contribution is 7.89. The van der Waals surface area contributed by atoms with Crippen molar-refractivity contribution in [1.82, 2.24) is 15.5 Å². The van der Waals surface area contributed by atoms with Gasteiger partial charge in [0.25, 0.3) is 0 Å². The lowest BCUT2D eigenvalue weighted by molar-refractivity contribution is -0.118. The van der Waals surface area contributed by atoms with Crippen molar-refractivity contribution >= 4 is 32.5 Å². The number of fused-ring (bicyclic) bond motifs is 1. The molecule has 32 heavy (non-hydrogen) atoms. The first-order valence-electron chi connectivity index (χ1n) is 10.1. The van der Waals surface area contributed by atoms with Crippen LogP contribution in [0.15, 0.2) is 77.7 Å². The van der Waals surface area contributed by atoms with E-state index in [2.05, 4.69) is 20.8 Å². The second-order valence-corrected chi connectivity index (χ2v) is 8.86. The quantitative estimate of drug-likeness (QED) is 0.344. The van der Waals surface area contributed by atoms with Gasteiger partial charge in [-0.05, 0) is 42.4 Å². The van der Waals surface area contributed by atoms with Gasteiger partial charge in [-0.25, -0.2) is 13.6 Å². The number of likely N-dealkylation sites (N-methyl/N-ethyl adjacent to an activating group) is 1. The minimum atomic E-state index is -3.84. The van der Waals surface area contributed by atoms with E-state index < -0.39 is 16.1 Å². The summed E-state index contributed by atoms with van der Waals surface area (Å²) < 4.78 is 23.4. The first-order chi connectivity index (χ1) is 15.4. The van der Waals surface area contributed by atoms with Gasteiger partial charge in [0.2, 0.25) is 15.9 Å². The van der Waals surface area contributed by atoms with E-state index in [4.69, 9.17) is 5.14 Å². The van der Waals surface area contributed by atoms with Gasteiger partial charge in [0.15, 0.2) is 0 Å². The average Bonchev–Trinajstić information content (AvgIpc) is 3.21. The van der Waals surface area contributed by atoms with E-state index in [1.54, 1.807) is 18.2 Å². The molecule has 9 heteroatoms. The van der Waals surface area contributed by atoms with Crippen molar-refractivity contribution in [1.29, 1.82) is 0 Å². The van der Waals surface area contributed by atoms with Gasteiger partial charge in [-0.2, -0.15) is 5.10 Å². The molecule has 0 bridgehead atoms. The summed E-state index contributed by atoms with van der Waals surface area (Å²) >= 11 is 0. The van der Waals surface area contributed by atoms with E-state index >= 15 is 0 Å². The fourth-order valence-corrected chi connectivity index (χ4v) is 4.12. The number of nitrogens with two attached hydrogens (primary N) is 1. The highest BCUT2D eigenvalue weighted by Crippen LogP contribution is 2.30. The van der Waals surface area contributed by atoms with Crippen LogP contribution in [0.5, 0.6) is 0 Å². The summed E-state index contributed by atoms with van der Waals surface area (Å²) in [5.41, 5.74) is 3.39. The van der Waals surface area contributed by atoms with Crippen LogP contribution in [0.25, 0.3) is 22.2 Å². The molecule has 1 amide bonds. The van der Waals surface area contributed by atoms with E-state index in [0.29, 0.717) is 23.5 Å². The molecule has 0 spiro atoms. The van der Waals surface area contributed by atoms with E-state index in [1.807, 2.05) is 49.4 Å². The van der Waals surface area contributed by atoms with Crippen LogP contribution >= 0.6 is 0 Å². The Labute approximate surface area is 185 Å². The number of hydrogen-bond acceptors (Lipinski definition) is 5.